The van der Waals surface area contributed by atoms with E-state index in [0.29, 0.717) is 6.54 Å². The molecule has 0 rings (SSSR count). The third-order valence-corrected chi connectivity index (χ3v) is 0.901. The molecule has 4 nitrogen and oxygen atoms in total. The summed E-state index contributed by atoms with van der Waals surface area (Å²) in [6.45, 7) is 3.97. The topological polar surface area (TPSA) is 61.4 Å². The Morgan fingerprint density at radius 2 is 2.56 bits per heavy atom. The number of nitrogens with one attached hydrogen (secondary N) is 1. The molecule has 0 aromatic rings. The maximum atomic E-state index is 9.71. The van der Waals surface area contributed by atoms with Crippen LogP contribution >= 0.6 is 8.25 Å². The molecule has 0 bridgehead atoms. The zero-order valence-electron chi connectivity index (χ0n) is 4.87. The molecule has 1 N–H and O–H groups in total. The van der Waals surface area contributed by atoms with E-state index >= 15 is 0 Å². The summed E-state index contributed by atoms with van der Waals surface area (Å²) in [4.78, 5) is 9.71. The molecule has 1 unspecified atom stereocenters. The molecule has 52 valence electrons. The summed E-state index contributed by atoms with van der Waals surface area (Å²) in [5.41, 5.74) is 0. The first-order chi connectivity index (χ1) is 4.27. The minimum absolute atomic E-state index is 0.0186. The molecular weight excluding hydrogens is 141 g/mol. The van der Waals surface area contributed by atoms with Crippen molar-refractivity contribution in [2.75, 3.05) is 13.3 Å². The van der Waals surface area contributed by atoms with E-state index in [1.165, 1.54) is 0 Å². The van der Waals surface area contributed by atoms with Crippen LogP contribution in [-0.4, -0.2) is 13.3 Å². The Morgan fingerprint density at radius 1 is 1.89 bits per heavy atom. The van der Waals surface area contributed by atoms with Crippen molar-refractivity contribution in [3.05, 3.63) is 12.7 Å². The van der Waals surface area contributed by atoms with Gasteiger partial charge < -0.3 is 4.89 Å². The predicted molar refractivity (Wildman–Crippen MR) is 31.8 cm³/mol. The van der Waals surface area contributed by atoms with Crippen LogP contribution in [0.3, 0.4) is 0 Å². The van der Waals surface area contributed by atoms with Gasteiger partial charge in [0, 0.05) is 6.54 Å². The minimum atomic E-state index is -2.71. The van der Waals surface area contributed by atoms with Gasteiger partial charge in [0.2, 0.25) is 0 Å². The summed E-state index contributed by atoms with van der Waals surface area (Å²) in [5.74, 6) is 0. The van der Waals surface area contributed by atoms with Gasteiger partial charge in [-0.2, -0.15) is 0 Å². The van der Waals surface area contributed by atoms with E-state index in [1.54, 1.807) is 6.08 Å². The monoisotopic (exact) mass is 149 g/mol. The summed E-state index contributed by atoms with van der Waals surface area (Å²) < 4.78 is 13.9. The molecule has 5 heteroatoms. The van der Waals surface area contributed by atoms with Crippen LogP contribution in [0.1, 0.15) is 0 Å². The molecule has 0 amide bonds. The van der Waals surface area contributed by atoms with Gasteiger partial charge in [-0.25, -0.2) is 0 Å². The van der Waals surface area contributed by atoms with E-state index in [0.717, 1.165) is 0 Å². The Hall–Kier alpha value is -0.280. The number of rotatable bonds is 5. The fourth-order valence-electron chi connectivity index (χ4n) is 0.259. The van der Waals surface area contributed by atoms with E-state index in [1.807, 2.05) is 0 Å². The third-order valence-electron chi connectivity index (χ3n) is 0.561. The summed E-state index contributed by atoms with van der Waals surface area (Å²) >= 11 is 0. The molecule has 1 atom stereocenters. The summed E-state index contributed by atoms with van der Waals surface area (Å²) in [5, 5.41) is 2.64. The van der Waals surface area contributed by atoms with Crippen molar-refractivity contribution in [1.29, 1.82) is 0 Å². The molecule has 0 spiro atoms. The Balaban J connectivity index is 2.91. The highest BCUT2D eigenvalue weighted by atomic mass is 31.1. The zero-order valence-corrected chi connectivity index (χ0v) is 5.77. The highest BCUT2D eigenvalue weighted by Crippen LogP contribution is 2.05. The zero-order chi connectivity index (χ0) is 7.11. The first-order valence-electron chi connectivity index (χ1n) is 2.36. The van der Waals surface area contributed by atoms with Crippen molar-refractivity contribution < 1.29 is 14.0 Å². The average molecular weight is 149 g/mol. The Bertz CT molecular complexity index is 106. The van der Waals surface area contributed by atoms with Crippen LogP contribution in [0.2, 0.25) is 0 Å². The lowest BCUT2D eigenvalue weighted by Crippen LogP contribution is -2.16. The molecule has 0 aromatic heterocycles. The summed E-state index contributed by atoms with van der Waals surface area (Å²) in [6, 6.07) is 0. The summed E-state index contributed by atoms with van der Waals surface area (Å²) in [6.07, 6.45) is 1.61. The van der Waals surface area contributed by atoms with Gasteiger partial charge >= 0.3 is 8.25 Å². The van der Waals surface area contributed by atoms with Crippen molar-refractivity contribution in [1.82, 2.24) is 5.32 Å². The molecule has 0 heterocycles. The van der Waals surface area contributed by atoms with Gasteiger partial charge in [0.05, 0.1) is 0 Å². The van der Waals surface area contributed by atoms with Crippen molar-refractivity contribution in [2.24, 2.45) is 0 Å². The Morgan fingerprint density at radius 3 is 3.00 bits per heavy atom. The highest BCUT2D eigenvalue weighted by molar-refractivity contribution is 7.30. The molecule has 0 aromatic carbocycles. The Labute approximate surface area is 54.5 Å². The van der Waals surface area contributed by atoms with Gasteiger partial charge in [0.25, 0.3) is 0 Å². The largest absolute Gasteiger partial charge is 0.566 e. The SMILES string of the molecule is C=CCNCO[P+](=O)[O-]. The first kappa shape index (κ1) is 8.72. The fraction of sp³-hybridized carbons (Fsp3) is 0.500. The lowest BCUT2D eigenvalue weighted by molar-refractivity contribution is -0.186. The first-order valence-corrected chi connectivity index (χ1v) is 3.46. The van der Waals surface area contributed by atoms with Gasteiger partial charge in [-0.3, -0.25) is 5.32 Å². The molecule has 0 fully saturated rings. The lowest BCUT2D eigenvalue weighted by Gasteiger charge is -1.92. The maximum absolute atomic E-state index is 9.71. The molecule has 9 heavy (non-hydrogen) atoms. The van der Waals surface area contributed by atoms with E-state index in [4.69, 9.17) is 0 Å². The molecular formula is C4H8NO3P. The van der Waals surface area contributed by atoms with Crippen molar-refractivity contribution in [3.63, 3.8) is 0 Å². The molecule has 0 aliphatic carbocycles. The van der Waals surface area contributed by atoms with Gasteiger partial charge in [-0.1, -0.05) is 6.08 Å². The Kier molecular flexibility index (Phi) is 5.67. The fourth-order valence-corrected chi connectivity index (χ4v) is 0.456. The van der Waals surface area contributed by atoms with Crippen LogP contribution in [0.4, 0.5) is 0 Å². The average Bonchev–Trinajstić information content (AvgIpc) is 1.80. The van der Waals surface area contributed by atoms with Gasteiger partial charge in [-0.05, 0) is 4.57 Å². The smallest absolute Gasteiger partial charge is 0.489 e. The van der Waals surface area contributed by atoms with Crippen molar-refractivity contribution >= 4 is 8.25 Å². The van der Waals surface area contributed by atoms with E-state index in [-0.39, 0.29) is 6.73 Å². The quantitative estimate of drug-likeness (QED) is 0.253. The third kappa shape index (κ3) is 7.72. The minimum Gasteiger partial charge on any atom is -0.566 e. The van der Waals surface area contributed by atoms with Crippen molar-refractivity contribution in [3.8, 4) is 0 Å². The lowest BCUT2D eigenvalue weighted by atomic mass is 10.6. The second kappa shape index (κ2) is 5.85. The number of hydrogen-bond donors (Lipinski definition) is 1. The van der Waals surface area contributed by atoms with Crippen molar-refractivity contribution in [2.45, 2.75) is 0 Å². The molecule has 0 radical (unpaired) electrons. The van der Waals surface area contributed by atoms with Crippen LogP contribution in [0.5, 0.6) is 0 Å². The number of hydrogen-bond acceptors (Lipinski definition) is 4. The van der Waals surface area contributed by atoms with Crippen LogP contribution < -0.4 is 10.2 Å². The van der Waals surface area contributed by atoms with E-state index < -0.39 is 8.25 Å². The van der Waals surface area contributed by atoms with E-state index in [9.17, 15) is 9.46 Å². The van der Waals surface area contributed by atoms with Crippen LogP contribution in [0, 0.1) is 0 Å². The second-order valence-electron chi connectivity index (χ2n) is 1.24. The summed E-state index contributed by atoms with van der Waals surface area (Å²) in [7, 11) is -2.71. The van der Waals surface area contributed by atoms with Crippen LogP contribution in [-0.2, 0) is 9.09 Å². The molecule has 0 aliphatic rings. The van der Waals surface area contributed by atoms with Gasteiger partial charge in [0.15, 0.2) is 6.73 Å². The van der Waals surface area contributed by atoms with Crippen LogP contribution in [0.25, 0.3) is 0 Å². The molecule has 0 saturated carbocycles. The van der Waals surface area contributed by atoms with Crippen LogP contribution in [0.15, 0.2) is 12.7 Å². The standard InChI is InChI=1S/C4H8NO3P/c1-2-3-5-4-8-9(6)7/h2,5H,1,3-4H2. The highest BCUT2D eigenvalue weighted by Gasteiger charge is 1.96. The normalized spacial score (nSPS) is 11.0. The van der Waals surface area contributed by atoms with E-state index in [2.05, 4.69) is 16.4 Å². The maximum Gasteiger partial charge on any atom is 0.489 e. The van der Waals surface area contributed by atoms with Gasteiger partial charge in [0.1, 0.15) is 0 Å². The second-order valence-corrected chi connectivity index (χ2v) is 1.95. The molecule has 0 aliphatic heterocycles. The molecule has 0 saturated heterocycles. The van der Waals surface area contributed by atoms with Gasteiger partial charge in [-0.15, -0.1) is 11.1 Å². The predicted octanol–water partition coefficient (Wildman–Crippen LogP) is -0.246.